The Morgan fingerprint density at radius 3 is 2.23 bits per heavy atom. The van der Waals surface area contributed by atoms with E-state index in [-0.39, 0.29) is 17.4 Å². The zero-order valence-electron chi connectivity index (χ0n) is 16.6. The molecule has 1 amide bonds. The van der Waals surface area contributed by atoms with Crippen LogP contribution < -0.4 is 25.4 Å². The number of anilines is 1. The fourth-order valence-corrected chi connectivity index (χ4v) is 3.09. The van der Waals surface area contributed by atoms with Gasteiger partial charge in [0.05, 0.1) is 20.6 Å². The van der Waals surface area contributed by atoms with Crippen LogP contribution in [-0.4, -0.2) is 35.2 Å². The van der Waals surface area contributed by atoms with Crippen LogP contribution in [0.4, 0.5) is 5.69 Å². The molecular formula is C20H22Cl3N3O3S. The van der Waals surface area contributed by atoms with Crippen LogP contribution in [0.3, 0.4) is 0 Å². The second-order valence-electron chi connectivity index (χ2n) is 6.37. The van der Waals surface area contributed by atoms with E-state index >= 15 is 0 Å². The van der Waals surface area contributed by atoms with Crippen molar-refractivity contribution < 1.29 is 14.3 Å². The number of alkyl halides is 3. The maximum atomic E-state index is 12.5. The fraction of sp³-hybridized carbons (Fsp3) is 0.300. The molecule has 10 heteroatoms. The summed E-state index contributed by atoms with van der Waals surface area (Å²) in [6, 6.07) is 12.8. The van der Waals surface area contributed by atoms with Crippen molar-refractivity contribution in [2.24, 2.45) is 0 Å². The molecule has 30 heavy (non-hydrogen) atoms. The topological polar surface area (TPSA) is 71.6 Å². The number of hydrogen-bond donors (Lipinski definition) is 3. The van der Waals surface area contributed by atoms with Crippen molar-refractivity contribution in [3.05, 3.63) is 53.6 Å². The van der Waals surface area contributed by atoms with E-state index in [1.807, 2.05) is 31.2 Å². The normalized spacial score (nSPS) is 11.9. The van der Waals surface area contributed by atoms with Crippen LogP contribution in [0.5, 0.6) is 11.5 Å². The maximum absolute atomic E-state index is 12.5. The van der Waals surface area contributed by atoms with Gasteiger partial charge in [-0.25, -0.2) is 0 Å². The minimum absolute atomic E-state index is 0.0391. The van der Waals surface area contributed by atoms with E-state index in [0.717, 1.165) is 11.3 Å². The van der Waals surface area contributed by atoms with Gasteiger partial charge in [-0.15, -0.1) is 0 Å². The number of halogens is 3. The molecule has 0 saturated heterocycles. The molecule has 0 heterocycles. The van der Waals surface area contributed by atoms with E-state index in [9.17, 15) is 4.79 Å². The van der Waals surface area contributed by atoms with E-state index in [4.69, 9.17) is 56.5 Å². The third-order valence-electron chi connectivity index (χ3n) is 4.03. The maximum Gasteiger partial charge on any atom is 0.228 e. The number of nitrogens with one attached hydrogen (secondary N) is 3. The monoisotopic (exact) mass is 489 g/mol. The Morgan fingerprint density at radius 2 is 1.67 bits per heavy atom. The first-order valence-electron chi connectivity index (χ1n) is 8.83. The van der Waals surface area contributed by atoms with Crippen molar-refractivity contribution in [3.63, 3.8) is 0 Å². The van der Waals surface area contributed by atoms with Crippen molar-refractivity contribution in [2.45, 2.75) is 23.3 Å². The molecule has 0 fully saturated rings. The zero-order chi connectivity index (χ0) is 22.3. The van der Waals surface area contributed by atoms with Gasteiger partial charge in [0.25, 0.3) is 0 Å². The number of aryl methyl sites for hydroxylation is 1. The second-order valence-corrected chi connectivity index (χ2v) is 9.15. The molecule has 162 valence electrons. The predicted molar refractivity (Wildman–Crippen MR) is 126 cm³/mol. The summed E-state index contributed by atoms with van der Waals surface area (Å²) in [4.78, 5) is 12.5. The molecule has 3 N–H and O–H groups in total. The highest BCUT2D eigenvalue weighted by molar-refractivity contribution is 7.80. The summed E-state index contributed by atoms with van der Waals surface area (Å²) in [6.07, 6.45) is -1.02. The molecule has 0 bridgehead atoms. The Morgan fingerprint density at radius 1 is 1.03 bits per heavy atom. The highest BCUT2D eigenvalue weighted by Gasteiger charge is 2.34. The van der Waals surface area contributed by atoms with Gasteiger partial charge in [0, 0.05) is 5.69 Å². The van der Waals surface area contributed by atoms with Gasteiger partial charge in [0.15, 0.2) is 16.6 Å². The molecule has 0 aromatic heterocycles. The van der Waals surface area contributed by atoms with Gasteiger partial charge in [-0.2, -0.15) is 0 Å². The van der Waals surface area contributed by atoms with Crippen molar-refractivity contribution >= 4 is 63.7 Å². The molecule has 6 nitrogen and oxygen atoms in total. The first-order chi connectivity index (χ1) is 14.1. The highest BCUT2D eigenvalue weighted by atomic mass is 35.6. The molecule has 0 radical (unpaired) electrons. The Bertz CT molecular complexity index is 889. The summed E-state index contributed by atoms with van der Waals surface area (Å²) < 4.78 is 8.61. The highest BCUT2D eigenvalue weighted by Crippen LogP contribution is 2.30. The number of amides is 1. The summed E-state index contributed by atoms with van der Waals surface area (Å²) in [6.45, 7) is 1.98. The number of carbonyl (C=O) groups excluding carboxylic acids is 1. The number of benzene rings is 2. The van der Waals surface area contributed by atoms with E-state index in [0.29, 0.717) is 17.1 Å². The van der Waals surface area contributed by atoms with Crippen LogP contribution in [0.15, 0.2) is 42.5 Å². The Labute approximate surface area is 196 Å². The van der Waals surface area contributed by atoms with Crippen molar-refractivity contribution in [1.29, 1.82) is 0 Å². The Kier molecular flexibility index (Phi) is 8.85. The van der Waals surface area contributed by atoms with Crippen LogP contribution in [0.25, 0.3) is 0 Å². The lowest BCUT2D eigenvalue weighted by atomic mass is 10.1. The third kappa shape index (κ3) is 7.40. The van der Waals surface area contributed by atoms with Crippen LogP contribution in [0.2, 0.25) is 0 Å². The van der Waals surface area contributed by atoms with Crippen molar-refractivity contribution in [2.75, 3.05) is 19.5 Å². The molecule has 0 aliphatic rings. The number of rotatable bonds is 7. The predicted octanol–water partition coefficient (Wildman–Crippen LogP) is 4.35. The summed E-state index contributed by atoms with van der Waals surface area (Å²) in [5.41, 5.74) is 2.58. The van der Waals surface area contributed by atoms with Gasteiger partial charge in [0.2, 0.25) is 9.70 Å². The quantitative estimate of drug-likeness (QED) is 0.304. The van der Waals surface area contributed by atoms with Crippen LogP contribution in [0.1, 0.15) is 11.1 Å². The van der Waals surface area contributed by atoms with E-state index in [1.54, 1.807) is 18.2 Å². The number of ether oxygens (including phenoxy) is 2. The molecule has 0 unspecified atom stereocenters. The summed E-state index contributed by atoms with van der Waals surface area (Å²) in [5.74, 6) is 0.710. The first-order valence-corrected chi connectivity index (χ1v) is 10.4. The minimum atomic E-state index is -1.84. The lowest BCUT2D eigenvalue weighted by molar-refractivity contribution is -0.121. The van der Waals surface area contributed by atoms with Crippen LogP contribution in [0, 0.1) is 6.92 Å². The average molecular weight is 491 g/mol. The molecule has 2 rings (SSSR count). The SMILES string of the molecule is COc1ccc(CC(=O)N[C@@H](NC(=S)Nc2ccc(C)cc2)C(Cl)(Cl)Cl)cc1OC. The van der Waals surface area contributed by atoms with Crippen LogP contribution >= 0.6 is 47.0 Å². The smallest absolute Gasteiger partial charge is 0.228 e. The first kappa shape index (κ1) is 24.3. The molecule has 0 spiro atoms. The Hall–Kier alpha value is -1.93. The lowest BCUT2D eigenvalue weighted by Gasteiger charge is -2.28. The van der Waals surface area contributed by atoms with Gasteiger partial charge in [0.1, 0.15) is 6.17 Å². The van der Waals surface area contributed by atoms with E-state index in [2.05, 4.69) is 16.0 Å². The Balaban J connectivity index is 2.02. The van der Waals surface area contributed by atoms with Crippen LogP contribution in [-0.2, 0) is 11.2 Å². The second kappa shape index (κ2) is 10.9. The summed E-state index contributed by atoms with van der Waals surface area (Å²) >= 11 is 23.4. The van der Waals surface area contributed by atoms with Gasteiger partial charge in [-0.3, -0.25) is 4.79 Å². The summed E-state index contributed by atoms with van der Waals surface area (Å²) in [5, 5.41) is 8.66. The lowest BCUT2D eigenvalue weighted by Crippen LogP contribution is -2.56. The van der Waals surface area contributed by atoms with Gasteiger partial charge < -0.3 is 25.4 Å². The third-order valence-corrected chi connectivity index (χ3v) is 4.90. The number of methoxy groups -OCH3 is 2. The zero-order valence-corrected chi connectivity index (χ0v) is 19.7. The molecule has 0 aliphatic carbocycles. The number of thiocarbonyl (C=S) groups is 1. The van der Waals surface area contributed by atoms with E-state index in [1.165, 1.54) is 14.2 Å². The van der Waals surface area contributed by atoms with E-state index < -0.39 is 9.96 Å². The molecule has 1 atom stereocenters. The molecule has 0 saturated carbocycles. The van der Waals surface area contributed by atoms with Gasteiger partial charge >= 0.3 is 0 Å². The minimum Gasteiger partial charge on any atom is -0.493 e. The molecular weight excluding hydrogens is 469 g/mol. The number of carbonyl (C=O) groups is 1. The van der Waals surface area contributed by atoms with Crippen molar-refractivity contribution in [3.8, 4) is 11.5 Å². The molecule has 2 aromatic carbocycles. The molecule has 2 aromatic rings. The molecule has 0 aliphatic heterocycles. The largest absolute Gasteiger partial charge is 0.493 e. The standard InChI is InChI=1S/C20H22Cl3N3O3S/c1-12-4-7-14(8-5-12)24-19(30)26-18(20(21,22)23)25-17(27)11-13-6-9-15(28-2)16(10-13)29-3/h4-10,18H,11H2,1-3H3,(H,25,27)(H2,24,26,30)/t18-/m0/s1. The average Bonchev–Trinajstić information content (AvgIpc) is 2.68. The fourth-order valence-electron chi connectivity index (χ4n) is 2.52. The van der Waals surface area contributed by atoms with Gasteiger partial charge in [-0.05, 0) is 49.0 Å². The summed E-state index contributed by atoms with van der Waals surface area (Å²) in [7, 11) is 3.06. The number of hydrogen-bond acceptors (Lipinski definition) is 4. The van der Waals surface area contributed by atoms with Gasteiger partial charge in [-0.1, -0.05) is 58.6 Å². The van der Waals surface area contributed by atoms with Crippen molar-refractivity contribution in [1.82, 2.24) is 10.6 Å².